The molecule has 0 unspecified atom stereocenters. The average Bonchev–Trinajstić information content (AvgIpc) is 2.33. The van der Waals surface area contributed by atoms with Crippen molar-refractivity contribution in [2.75, 3.05) is 6.61 Å². The molecule has 0 aromatic heterocycles. The zero-order valence-corrected chi connectivity index (χ0v) is 9.46. The average molecular weight is 256 g/mol. The highest BCUT2D eigenvalue weighted by Crippen LogP contribution is 2.14. The Morgan fingerprint density at radius 3 is 2.56 bits per heavy atom. The highest BCUT2D eigenvalue weighted by Gasteiger charge is 2.08. The van der Waals surface area contributed by atoms with Gasteiger partial charge in [-0.2, -0.15) is 0 Å². The van der Waals surface area contributed by atoms with Crippen LogP contribution in [0.5, 0.6) is 0 Å². The van der Waals surface area contributed by atoms with Crippen molar-refractivity contribution in [2.24, 2.45) is 0 Å². The predicted molar refractivity (Wildman–Crippen MR) is 60.3 cm³/mol. The third-order valence-corrected chi connectivity index (χ3v) is 2.02. The van der Waals surface area contributed by atoms with Gasteiger partial charge in [-0.15, -0.1) is 0 Å². The number of carbonyl (C=O) groups is 1. The van der Waals surface area contributed by atoms with Crippen LogP contribution in [0.4, 0.5) is 13.2 Å². The molecule has 0 radical (unpaired) electrons. The number of allylic oxidation sites excluding steroid dienone is 1. The molecule has 0 aliphatic rings. The third kappa shape index (κ3) is 4.08. The first-order valence-electron chi connectivity index (χ1n) is 5.12. The molecule has 0 saturated carbocycles. The molecule has 0 fully saturated rings. The molecule has 0 aliphatic carbocycles. The van der Waals surface area contributed by atoms with Gasteiger partial charge in [0.15, 0.2) is 11.6 Å². The first kappa shape index (κ1) is 14.0. The topological polar surface area (TPSA) is 26.3 Å². The predicted octanol–water partition coefficient (Wildman–Crippen LogP) is 2.93. The number of hydrogen-bond donors (Lipinski definition) is 0. The number of benzene rings is 1. The number of halogens is 3. The monoisotopic (exact) mass is 256 g/mol. The number of rotatable bonds is 5. The van der Waals surface area contributed by atoms with Gasteiger partial charge in [-0.25, -0.2) is 18.0 Å². The van der Waals surface area contributed by atoms with E-state index < -0.39 is 23.4 Å². The van der Waals surface area contributed by atoms with Crippen molar-refractivity contribution in [1.29, 1.82) is 0 Å². The van der Waals surface area contributed by atoms with Gasteiger partial charge >= 0.3 is 5.97 Å². The second-order valence-electron chi connectivity index (χ2n) is 3.38. The summed E-state index contributed by atoms with van der Waals surface area (Å²) in [5, 5.41) is 0. The summed E-state index contributed by atoms with van der Waals surface area (Å²) in [5.74, 6) is -3.85. The van der Waals surface area contributed by atoms with Gasteiger partial charge in [0.2, 0.25) is 0 Å². The van der Waals surface area contributed by atoms with Crippen LogP contribution in [0.3, 0.4) is 0 Å². The van der Waals surface area contributed by atoms with E-state index in [1.165, 1.54) is 12.2 Å². The lowest BCUT2D eigenvalue weighted by Gasteiger charge is -2.01. The second-order valence-corrected chi connectivity index (χ2v) is 3.38. The van der Waals surface area contributed by atoms with E-state index >= 15 is 0 Å². The Morgan fingerprint density at radius 1 is 1.22 bits per heavy atom. The van der Waals surface area contributed by atoms with Gasteiger partial charge in [-0.3, -0.25) is 0 Å². The maximum atomic E-state index is 13.2. The molecule has 5 heteroatoms. The van der Waals surface area contributed by atoms with Gasteiger partial charge in [0.25, 0.3) is 0 Å². The molecular weight excluding hydrogens is 245 g/mol. The molecule has 96 valence electrons. The molecule has 2 nitrogen and oxygen atoms in total. The van der Waals surface area contributed by atoms with Gasteiger partial charge in [-0.1, -0.05) is 18.7 Å². The summed E-state index contributed by atoms with van der Waals surface area (Å²) < 4.78 is 43.3. The largest absolute Gasteiger partial charge is 0.458 e. The molecular formula is C13H11F3O2. The Balaban J connectivity index is 2.63. The fourth-order valence-corrected chi connectivity index (χ4v) is 1.19. The van der Waals surface area contributed by atoms with Crippen LogP contribution in [0.1, 0.15) is 5.56 Å². The molecule has 0 atom stereocenters. The molecule has 1 rings (SSSR count). The van der Waals surface area contributed by atoms with E-state index in [4.69, 9.17) is 0 Å². The quantitative estimate of drug-likeness (QED) is 0.350. The van der Waals surface area contributed by atoms with Crippen molar-refractivity contribution in [2.45, 2.75) is 6.42 Å². The van der Waals surface area contributed by atoms with Crippen LogP contribution in [0.2, 0.25) is 0 Å². The molecule has 0 amide bonds. The minimum absolute atomic E-state index is 0.0355. The molecule has 0 spiro atoms. The first-order chi connectivity index (χ1) is 8.54. The van der Waals surface area contributed by atoms with Gasteiger partial charge in [-0.05, 0) is 18.1 Å². The molecule has 0 bridgehead atoms. The highest BCUT2D eigenvalue weighted by atomic mass is 19.2. The Labute approximate surface area is 102 Å². The second kappa shape index (κ2) is 6.64. The van der Waals surface area contributed by atoms with Crippen molar-refractivity contribution >= 4 is 5.97 Å². The number of ether oxygens (including phenoxy) is 1. The zero-order valence-electron chi connectivity index (χ0n) is 9.46. The van der Waals surface area contributed by atoms with E-state index in [1.807, 2.05) is 0 Å². The minimum atomic E-state index is -1.24. The molecule has 1 aromatic carbocycles. The summed E-state index contributed by atoms with van der Waals surface area (Å²) in [6, 6.07) is 1.22. The Morgan fingerprint density at radius 2 is 1.89 bits per heavy atom. The van der Waals surface area contributed by atoms with E-state index in [2.05, 4.69) is 11.3 Å². The number of esters is 1. The lowest BCUT2D eigenvalue weighted by molar-refractivity contribution is -0.136. The Hall–Kier alpha value is -2.04. The maximum absolute atomic E-state index is 13.2. The molecule has 0 aliphatic heterocycles. The van der Waals surface area contributed by atoms with Crippen LogP contribution >= 0.6 is 0 Å². The van der Waals surface area contributed by atoms with Crippen molar-refractivity contribution < 1.29 is 22.7 Å². The summed E-state index contributed by atoms with van der Waals surface area (Å²) in [4.78, 5) is 11.0. The zero-order chi connectivity index (χ0) is 13.5. The highest BCUT2D eigenvalue weighted by molar-refractivity contribution is 5.81. The SMILES string of the molecule is C=CCOC(=O)/C=C/Cc1cc(F)c(F)cc1F. The van der Waals surface area contributed by atoms with E-state index in [-0.39, 0.29) is 18.6 Å². The van der Waals surface area contributed by atoms with Crippen molar-refractivity contribution in [1.82, 2.24) is 0 Å². The fraction of sp³-hybridized carbons (Fsp3) is 0.154. The Kier molecular flexibility index (Phi) is 5.17. The van der Waals surface area contributed by atoms with Crippen LogP contribution < -0.4 is 0 Å². The summed E-state index contributed by atoms with van der Waals surface area (Å²) in [6.45, 7) is 3.43. The summed E-state index contributed by atoms with van der Waals surface area (Å²) in [6.07, 6.45) is 3.76. The summed E-state index contributed by atoms with van der Waals surface area (Å²) in [7, 11) is 0. The van der Waals surface area contributed by atoms with Crippen LogP contribution in [0, 0.1) is 17.5 Å². The smallest absolute Gasteiger partial charge is 0.330 e. The van der Waals surface area contributed by atoms with Gasteiger partial charge in [0.1, 0.15) is 12.4 Å². The van der Waals surface area contributed by atoms with Gasteiger partial charge in [0, 0.05) is 12.1 Å². The lowest BCUT2D eigenvalue weighted by atomic mass is 10.1. The summed E-state index contributed by atoms with van der Waals surface area (Å²) >= 11 is 0. The van der Waals surface area contributed by atoms with Crippen molar-refractivity contribution in [3.05, 3.63) is 60.0 Å². The number of hydrogen-bond acceptors (Lipinski definition) is 2. The van der Waals surface area contributed by atoms with E-state index in [1.54, 1.807) is 0 Å². The van der Waals surface area contributed by atoms with Crippen LogP contribution in [0.25, 0.3) is 0 Å². The Bertz CT molecular complexity index is 481. The van der Waals surface area contributed by atoms with E-state index in [0.717, 1.165) is 12.1 Å². The van der Waals surface area contributed by atoms with Crippen LogP contribution in [0.15, 0.2) is 36.9 Å². The minimum Gasteiger partial charge on any atom is -0.458 e. The standard InChI is InChI=1S/C13H11F3O2/c1-2-6-18-13(17)5-3-4-9-7-11(15)12(16)8-10(9)14/h2-3,5,7-8H,1,4,6H2/b5-3+. The van der Waals surface area contributed by atoms with E-state index in [0.29, 0.717) is 6.07 Å². The van der Waals surface area contributed by atoms with Gasteiger partial charge < -0.3 is 4.74 Å². The fourth-order valence-electron chi connectivity index (χ4n) is 1.19. The molecule has 0 N–H and O–H groups in total. The molecule has 0 saturated heterocycles. The first-order valence-corrected chi connectivity index (χ1v) is 5.12. The van der Waals surface area contributed by atoms with Crippen LogP contribution in [-0.4, -0.2) is 12.6 Å². The van der Waals surface area contributed by atoms with Crippen molar-refractivity contribution in [3.63, 3.8) is 0 Å². The molecule has 0 heterocycles. The molecule has 18 heavy (non-hydrogen) atoms. The van der Waals surface area contributed by atoms with Crippen molar-refractivity contribution in [3.8, 4) is 0 Å². The van der Waals surface area contributed by atoms with Gasteiger partial charge in [0.05, 0.1) is 0 Å². The molecule has 1 aromatic rings. The normalized spacial score (nSPS) is 10.6. The van der Waals surface area contributed by atoms with Crippen LogP contribution in [-0.2, 0) is 16.0 Å². The third-order valence-electron chi connectivity index (χ3n) is 2.02. The summed E-state index contributed by atoms with van der Waals surface area (Å²) in [5.41, 5.74) is -0.0401. The maximum Gasteiger partial charge on any atom is 0.330 e. The van der Waals surface area contributed by atoms with E-state index in [9.17, 15) is 18.0 Å². The lowest BCUT2D eigenvalue weighted by Crippen LogP contribution is -2.00. The number of carbonyl (C=O) groups excluding carboxylic acids is 1.